The minimum Gasteiger partial charge on any atom is -0.462 e. The fraction of sp³-hybridized carbons (Fsp3) is 0.656. The molecule has 6 heteroatoms. The van der Waals surface area contributed by atoms with E-state index in [9.17, 15) is 14.4 Å². The van der Waals surface area contributed by atoms with Crippen LogP contribution in [-0.4, -0.2) is 37.2 Å². The van der Waals surface area contributed by atoms with E-state index in [4.69, 9.17) is 14.2 Å². The van der Waals surface area contributed by atoms with Gasteiger partial charge < -0.3 is 14.2 Å². The van der Waals surface area contributed by atoms with E-state index in [2.05, 4.69) is 124 Å². The van der Waals surface area contributed by atoms with Crippen LogP contribution in [0.25, 0.3) is 0 Å². The van der Waals surface area contributed by atoms with Crippen LogP contribution in [0.4, 0.5) is 0 Å². The second-order valence-electron chi connectivity index (χ2n) is 17.8. The third kappa shape index (κ3) is 52.9. The Bertz CT molecular complexity index is 1390. The molecule has 0 N–H and O–H groups in total. The molecular weight excluding hydrogens is 829 g/mol. The lowest BCUT2D eigenvalue weighted by atomic mass is 10.1. The van der Waals surface area contributed by atoms with Crippen LogP contribution in [0.5, 0.6) is 0 Å². The summed E-state index contributed by atoms with van der Waals surface area (Å²) in [7, 11) is 0. The van der Waals surface area contributed by atoms with Crippen LogP contribution in [0.1, 0.15) is 239 Å². The van der Waals surface area contributed by atoms with E-state index in [1.807, 2.05) is 6.08 Å². The summed E-state index contributed by atoms with van der Waals surface area (Å²) in [5.74, 6) is -1.05. The molecule has 0 aliphatic carbocycles. The molecule has 0 spiro atoms. The van der Waals surface area contributed by atoms with Gasteiger partial charge in [-0.05, 0) is 122 Å². The van der Waals surface area contributed by atoms with Crippen molar-refractivity contribution in [1.82, 2.24) is 0 Å². The summed E-state index contributed by atoms with van der Waals surface area (Å²) in [5.41, 5.74) is 0. The van der Waals surface area contributed by atoms with E-state index in [0.29, 0.717) is 19.3 Å². The zero-order chi connectivity index (χ0) is 48.6. The van der Waals surface area contributed by atoms with Gasteiger partial charge in [0.05, 0.1) is 0 Å². The Morgan fingerprint density at radius 2 is 0.567 bits per heavy atom. The van der Waals surface area contributed by atoms with Crippen LogP contribution in [-0.2, 0) is 28.6 Å². The minimum absolute atomic E-state index is 0.120. The van der Waals surface area contributed by atoms with E-state index in [1.165, 1.54) is 116 Å². The molecule has 0 rings (SSSR count). The fourth-order valence-corrected chi connectivity index (χ4v) is 7.07. The second-order valence-corrected chi connectivity index (χ2v) is 17.8. The van der Waals surface area contributed by atoms with E-state index in [0.717, 1.165) is 70.6 Å². The third-order valence-electron chi connectivity index (χ3n) is 11.2. The molecule has 0 aromatic carbocycles. The van der Waals surface area contributed by atoms with Crippen molar-refractivity contribution in [2.75, 3.05) is 13.2 Å². The number of esters is 3. The lowest BCUT2D eigenvalue weighted by molar-refractivity contribution is -0.166. The Labute approximate surface area is 412 Å². The highest BCUT2D eigenvalue weighted by Crippen LogP contribution is 2.13. The van der Waals surface area contributed by atoms with Crippen molar-refractivity contribution >= 4 is 17.9 Å². The average Bonchev–Trinajstić information content (AvgIpc) is 3.33. The van der Waals surface area contributed by atoms with E-state index < -0.39 is 6.10 Å². The zero-order valence-electron chi connectivity index (χ0n) is 43.4. The van der Waals surface area contributed by atoms with Crippen molar-refractivity contribution in [2.24, 2.45) is 0 Å². The molecule has 0 saturated carbocycles. The predicted octanol–water partition coefficient (Wildman–Crippen LogP) is 18.3. The molecule has 0 fully saturated rings. The minimum atomic E-state index is -0.831. The maximum Gasteiger partial charge on any atom is 0.306 e. The first-order chi connectivity index (χ1) is 33.0. The summed E-state index contributed by atoms with van der Waals surface area (Å²) in [5, 5.41) is 0. The van der Waals surface area contributed by atoms with Crippen LogP contribution in [0.3, 0.4) is 0 Å². The van der Waals surface area contributed by atoms with Gasteiger partial charge in [0.1, 0.15) is 13.2 Å². The summed E-state index contributed by atoms with van der Waals surface area (Å²) in [6.07, 6.45) is 73.7. The van der Waals surface area contributed by atoms with Crippen LogP contribution in [0.15, 0.2) is 109 Å². The number of allylic oxidation sites excluding steroid dienone is 18. The van der Waals surface area contributed by atoms with Crippen LogP contribution >= 0.6 is 0 Å². The topological polar surface area (TPSA) is 78.9 Å². The number of carbonyl (C=O) groups is 3. The van der Waals surface area contributed by atoms with Crippen LogP contribution in [0, 0.1) is 0 Å². The zero-order valence-corrected chi connectivity index (χ0v) is 43.4. The first-order valence-electron chi connectivity index (χ1n) is 27.4. The van der Waals surface area contributed by atoms with Crippen molar-refractivity contribution in [3.8, 4) is 0 Å². The molecule has 380 valence electrons. The lowest BCUT2D eigenvalue weighted by Gasteiger charge is -2.18. The Hall–Kier alpha value is -3.93. The largest absolute Gasteiger partial charge is 0.462 e. The molecule has 1 atom stereocenters. The van der Waals surface area contributed by atoms with Gasteiger partial charge in [-0.1, -0.05) is 207 Å². The lowest BCUT2D eigenvalue weighted by Crippen LogP contribution is -2.30. The highest BCUT2D eigenvalue weighted by atomic mass is 16.6. The van der Waals surface area contributed by atoms with Crippen molar-refractivity contribution < 1.29 is 28.6 Å². The van der Waals surface area contributed by atoms with E-state index in [-0.39, 0.29) is 44.0 Å². The molecule has 0 aliphatic heterocycles. The summed E-state index contributed by atoms with van der Waals surface area (Å²) in [6, 6.07) is 0. The second kappa shape index (κ2) is 54.7. The van der Waals surface area contributed by atoms with Crippen molar-refractivity contribution in [2.45, 2.75) is 245 Å². The summed E-state index contributed by atoms with van der Waals surface area (Å²) >= 11 is 0. The molecule has 0 amide bonds. The summed E-state index contributed by atoms with van der Waals surface area (Å²) < 4.78 is 16.7. The maximum absolute atomic E-state index is 12.8. The van der Waals surface area contributed by atoms with Crippen molar-refractivity contribution in [3.63, 3.8) is 0 Å². The van der Waals surface area contributed by atoms with Gasteiger partial charge in [0.25, 0.3) is 0 Å². The Morgan fingerprint density at radius 1 is 0.299 bits per heavy atom. The van der Waals surface area contributed by atoms with Crippen LogP contribution in [0.2, 0.25) is 0 Å². The van der Waals surface area contributed by atoms with Gasteiger partial charge in [-0.2, -0.15) is 0 Å². The predicted molar refractivity (Wildman–Crippen MR) is 288 cm³/mol. The summed E-state index contributed by atoms with van der Waals surface area (Å²) in [4.78, 5) is 38.0. The van der Waals surface area contributed by atoms with Gasteiger partial charge in [0, 0.05) is 19.3 Å². The fourth-order valence-electron chi connectivity index (χ4n) is 7.07. The third-order valence-corrected chi connectivity index (χ3v) is 11.2. The maximum atomic E-state index is 12.8. The molecule has 0 radical (unpaired) electrons. The molecular formula is C61H100O6. The SMILES string of the molecule is CCCCC/C=C\C/C=C\C/C=C\C/C=C\C/C=C\CCC(=O)OC[C@H](COC(=O)CCCCCCCCC/C=C\CCCCCC)OC(=O)CCCC/C=C\C/C=C\C/C=C\CCCCC. The number of hydrogen-bond donors (Lipinski definition) is 0. The number of unbranched alkanes of at least 4 members (excludes halogenated alkanes) is 19. The first kappa shape index (κ1) is 63.1. The van der Waals surface area contributed by atoms with Gasteiger partial charge in [-0.15, -0.1) is 0 Å². The van der Waals surface area contributed by atoms with Crippen LogP contribution < -0.4 is 0 Å². The molecule has 6 nitrogen and oxygen atoms in total. The average molecular weight is 929 g/mol. The quantitative estimate of drug-likeness (QED) is 0.0262. The highest BCUT2D eigenvalue weighted by molar-refractivity contribution is 5.71. The standard InChI is InChI=1S/C61H100O6/c1-4-7-10-13-16-19-22-25-28-29-30-31-34-36-39-42-45-48-51-54-60(63)66-57-58(67-61(64)55-52-49-46-43-40-37-33-27-24-21-18-15-12-9-6-3)56-65-59(62)53-50-47-44-41-38-35-32-26-23-20-17-14-11-8-5-2/h16,18-21,23,25,27-28,30-31,33,36,39-40,43,45,48,58H,4-15,17,22,24,26,29,32,34-35,37-38,41-42,44,46-47,49-57H2,1-3H3/b19-16-,21-18-,23-20-,28-25-,31-30-,33-27-,39-36-,43-40-,48-45-/t58-/m0/s1. The van der Waals surface area contributed by atoms with E-state index >= 15 is 0 Å². The van der Waals surface area contributed by atoms with Gasteiger partial charge in [-0.3, -0.25) is 14.4 Å². The van der Waals surface area contributed by atoms with Gasteiger partial charge in [-0.25, -0.2) is 0 Å². The Kier molecular flexibility index (Phi) is 51.5. The molecule has 0 aliphatic rings. The first-order valence-corrected chi connectivity index (χ1v) is 27.4. The van der Waals surface area contributed by atoms with Gasteiger partial charge in [0.15, 0.2) is 6.10 Å². The summed E-state index contributed by atoms with van der Waals surface area (Å²) in [6.45, 7) is 6.46. The molecule has 0 unspecified atom stereocenters. The highest BCUT2D eigenvalue weighted by Gasteiger charge is 2.19. The van der Waals surface area contributed by atoms with Crippen molar-refractivity contribution in [3.05, 3.63) is 109 Å². The van der Waals surface area contributed by atoms with Gasteiger partial charge >= 0.3 is 17.9 Å². The number of ether oxygens (including phenoxy) is 3. The molecule has 0 heterocycles. The molecule has 0 bridgehead atoms. The number of hydrogen-bond acceptors (Lipinski definition) is 6. The van der Waals surface area contributed by atoms with E-state index in [1.54, 1.807) is 0 Å². The Morgan fingerprint density at radius 3 is 1.00 bits per heavy atom. The number of carbonyl (C=O) groups excluding carboxylic acids is 3. The molecule has 0 saturated heterocycles. The van der Waals surface area contributed by atoms with Crippen molar-refractivity contribution in [1.29, 1.82) is 0 Å². The number of rotatable bonds is 48. The Balaban J connectivity index is 4.57. The smallest absolute Gasteiger partial charge is 0.306 e. The molecule has 67 heavy (non-hydrogen) atoms. The van der Waals surface area contributed by atoms with Gasteiger partial charge in [0.2, 0.25) is 0 Å². The molecule has 0 aromatic heterocycles. The molecule has 0 aromatic rings. The monoisotopic (exact) mass is 929 g/mol. The normalized spacial score (nSPS) is 12.9.